The van der Waals surface area contributed by atoms with Crippen LogP contribution in [0.3, 0.4) is 0 Å². The van der Waals surface area contributed by atoms with Crippen molar-refractivity contribution in [2.75, 3.05) is 33.3 Å². The summed E-state index contributed by atoms with van der Waals surface area (Å²) in [7, 11) is -1.96. The molecule has 1 amide bonds. The van der Waals surface area contributed by atoms with E-state index in [1.54, 1.807) is 30.4 Å². The molecule has 174 valence electrons. The number of hydrogen-bond donors (Lipinski definition) is 0. The average molecular weight is 469 g/mol. The Morgan fingerprint density at radius 1 is 1.00 bits per heavy atom. The number of piperazine rings is 1. The molecule has 1 aromatic heterocycles. The number of fused-ring (bicyclic) bond motifs is 2. The number of ether oxygens (including phenoxy) is 1. The summed E-state index contributed by atoms with van der Waals surface area (Å²) in [5.74, 6) is 0.672. The van der Waals surface area contributed by atoms with Crippen LogP contribution in [-0.4, -0.2) is 56.8 Å². The van der Waals surface area contributed by atoms with Gasteiger partial charge in [-0.3, -0.25) is 4.79 Å². The minimum absolute atomic E-state index is 0.0284. The summed E-state index contributed by atoms with van der Waals surface area (Å²) in [6.07, 6.45) is 6.07. The predicted molar refractivity (Wildman–Crippen MR) is 125 cm³/mol. The lowest BCUT2D eigenvalue weighted by atomic mass is 9.92. The summed E-state index contributed by atoms with van der Waals surface area (Å²) >= 11 is 0. The topological polar surface area (TPSA) is 80.1 Å². The zero-order valence-corrected chi connectivity index (χ0v) is 19.6. The van der Waals surface area contributed by atoms with Crippen molar-refractivity contribution >= 4 is 26.9 Å². The van der Waals surface area contributed by atoms with Crippen molar-refractivity contribution in [3.05, 3.63) is 59.4 Å². The second-order valence-electron chi connectivity index (χ2n) is 8.72. The number of benzene rings is 2. The smallest absolute Gasteiger partial charge is 0.243 e. The monoisotopic (exact) mass is 468 g/mol. The van der Waals surface area contributed by atoms with Gasteiger partial charge in [-0.2, -0.15) is 4.31 Å². The Balaban J connectivity index is 1.24. The van der Waals surface area contributed by atoms with Crippen molar-refractivity contribution in [3.63, 3.8) is 0 Å². The molecule has 1 aliphatic heterocycles. The number of nitrogens with zero attached hydrogens (tertiary/aromatic N) is 2. The molecule has 3 aromatic rings. The molecule has 33 heavy (non-hydrogen) atoms. The molecule has 1 aliphatic carbocycles. The van der Waals surface area contributed by atoms with Gasteiger partial charge in [0, 0.05) is 43.2 Å². The van der Waals surface area contributed by atoms with Gasteiger partial charge in [-0.05, 0) is 61.1 Å². The largest absolute Gasteiger partial charge is 0.497 e. The molecule has 0 unspecified atom stereocenters. The maximum atomic E-state index is 13.2. The zero-order valence-electron chi connectivity index (χ0n) is 18.7. The number of methoxy groups -OCH3 is 1. The Labute approximate surface area is 194 Å². The number of carbonyl (C=O) groups excluding carboxylic acids is 1. The van der Waals surface area contributed by atoms with E-state index in [1.807, 2.05) is 24.3 Å². The Hall–Kier alpha value is -2.84. The van der Waals surface area contributed by atoms with E-state index in [-0.39, 0.29) is 12.3 Å². The van der Waals surface area contributed by atoms with Crippen LogP contribution in [0.1, 0.15) is 29.5 Å². The molecule has 8 heteroatoms. The number of sulfonamides is 1. The van der Waals surface area contributed by atoms with E-state index in [1.165, 1.54) is 9.87 Å². The van der Waals surface area contributed by atoms with Gasteiger partial charge in [-0.1, -0.05) is 6.07 Å². The molecule has 0 bridgehead atoms. The summed E-state index contributed by atoms with van der Waals surface area (Å²) in [4.78, 5) is 15.0. The van der Waals surface area contributed by atoms with Crippen molar-refractivity contribution in [3.8, 4) is 5.75 Å². The van der Waals surface area contributed by atoms with E-state index in [0.29, 0.717) is 42.4 Å². The zero-order chi connectivity index (χ0) is 23.0. The van der Waals surface area contributed by atoms with Crippen LogP contribution in [-0.2, 0) is 34.1 Å². The Morgan fingerprint density at radius 3 is 2.52 bits per heavy atom. The Bertz CT molecular complexity index is 1290. The van der Waals surface area contributed by atoms with Crippen molar-refractivity contribution < 1.29 is 22.4 Å². The fourth-order valence-electron chi connectivity index (χ4n) is 4.80. The van der Waals surface area contributed by atoms with Gasteiger partial charge in [-0.25, -0.2) is 8.42 Å². The SMILES string of the molecule is COc1ccc2c(CC(=O)N3CCN(S(=O)(=O)c4ccc5c(c4)CCCC5)CC3)coc2c1. The van der Waals surface area contributed by atoms with Crippen LogP contribution < -0.4 is 4.74 Å². The van der Waals surface area contributed by atoms with Crippen LogP contribution in [0.2, 0.25) is 0 Å². The van der Waals surface area contributed by atoms with E-state index in [4.69, 9.17) is 9.15 Å². The Morgan fingerprint density at radius 2 is 1.76 bits per heavy atom. The first-order chi connectivity index (χ1) is 16.0. The molecule has 1 saturated heterocycles. The van der Waals surface area contributed by atoms with Crippen LogP contribution in [0.25, 0.3) is 11.0 Å². The highest BCUT2D eigenvalue weighted by Gasteiger charge is 2.31. The van der Waals surface area contributed by atoms with E-state index < -0.39 is 10.0 Å². The number of rotatable bonds is 5. The third-order valence-corrected chi connectivity index (χ3v) is 8.65. The summed E-state index contributed by atoms with van der Waals surface area (Å²) in [6.45, 7) is 1.36. The number of aryl methyl sites for hydroxylation is 2. The predicted octanol–water partition coefficient (Wildman–Crippen LogP) is 3.40. The van der Waals surface area contributed by atoms with Crippen LogP contribution in [0.15, 0.2) is 52.0 Å². The number of carbonyl (C=O) groups is 1. The molecule has 5 rings (SSSR count). The van der Waals surface area contributed by atoms with Gasteiger partial charge in [0.25, 0.3) is 0 Å². The van der Waals surface area contributed by atoms with Gasteiger partial charge in [0.1, 0.15) is 11.3 Å². The average Bonchev–Trinajstić information content (AvgIpc) is 3.25. The van der Waals surface area contributed by atoms with Crippen LogP contribution >= 0.6 is 0 Å². The molecular weight excluding hydrogens is 440 g/mol. The summed E-state index contributed by atoms with van der Waals surface area (Å²) < 4.78 is 38.7. The lowest BCUT2D eigenvalue weighted by Crippen LogP contribution is -2.50. The van der Waals surface area contributed by atoms with Crippen molar-refractivity contribution in [1.82, 2.24) is 9.21 Å². The van der Waals surface area contributed by atoms with Crippen LogP contribution in [0, 0.1) is 0 Å². The van der Waals surface area contributed by atoms with Gasteiger partial charge in [-0.15, -0.1) is 0 Å². The van der Waals surface area contributed by atoms with Gasteiger partial charge < -0.3 is 14.1 Å². The lowest BCUT2D eigenvalue weighted by Gasteiger charge is -2.34. The molecule has 2 aromatic carbocycles. The van der Waals surface area contributed by atoms with Gasteiger partial charge in [0.05, 0.1) is 24.7 Å². The highest BCUT2D eigenvalue weighted by Crippen LogP contribution is 2.28. The molecule has 2 aliphatic rings. The third-order valence-electron chi connectivity index (χ3n) is 6.75. The maximum absolute atomic E-state index is 13.2. The normalized spacial score (nSPS) is 17.2. The summed E-state index contributed by atoms with van der Waals surface area (Å²) in [5, 5.41) is 0.887. The maximum Gasteiger partial charge on any atom is 0.243 e. The third kappa shape index (κ3) is 4.25. The van der Waals surface area contributed by atoms with Crippen LogP contribution in [0.5, 0.6) is 5.75 Å². The molecule has 2 heterocycles. The standard InChI is InChI=1S/C25H28N2O5S/c1-31-21-7-9-23-20(17-32-24(23)16-21)15-25(28)26-10-12-27(13-11-26)33(29,30)22-8-6-18-4-2-3-5-19(18)14-22/h6-9,14,16-17H,2-5,10-13,15H2,1H3. The highest BCUT2D eigenvalue weighted by molar-refractivity contribution is 7.89. The molecule has 0 N–H and O–H groups in total. The van der Waals surface area contributed by atoms with E-state index in [0.717, 1.165) is 42.2 Å². The minimum Gasteiger partial charge on any atom is -0.497 e. The summed E-state index contributed by atoms with van der Waals surface area (Å²) in [6, 6.07) is 11.1. The van der Waals surface area contributed by atoms with Crippen LogP contribution in [0.4, 0.5) is 0 Å². The first-order valence-corrected chi connectivity index (χ1v) is 12.8. The lowest BCUT2D eigenvalue weighted by molar-refractivity contribution is -0.131. The van der Waals surface area contributed by atoms with Gasteiger partial charge in [0.15, 0.2) is 0 Å². The molecular formula is C25H28N2O5S. The van der Waals surface area contributed by atoms with Gasteiger partial charge in [0.2, 0.25) is 15.9 Å². The quantitative estimate of drug-likeness (QED) is 0.573. The number of amides is 1. The molecule has 0 radical (unpaired) electrons. The highest BCUT2D eigenvalue weighted by atomic mass is 32.2. The summed E-state index contributed by atoms with van der Waals surface area (Å²) in [5.41, 5.74) is 3.92. The second kappa shape index (κ2) is 8.83. The van der Waals surface area contributed by atoms with E-state index in [9.17, 15) is 13.2 Å². The first-order valence-electron chi connectivity index (χ1n) is 11.4. The molecule has 1 fully saturated rings. The van der Waals surface area contributed by atoms with E-state index in [2.05, 4.69) is 0 Å². The second-order valence-corrected chi connectivity index (χ2v) is 10.7. The molecule has 0 saturated carbocycles. The van der Waals surface area contributed by atoms with Gasteiger partial charge >= 0.3 is 0 Å². The van der Waals surface area contributed by atoms with Crippen molar-refractivity contribution in [1.29, 1.82) is 0 Å². The molecule has 0 spiro atoms. The fourth-order valence-corrected chi connectivity index (χ4v) is 6.27. The Kier molecular flexibility index (Phi) is 5.88. The first kappa shape index (κ1) is 22.0. The number of hydrogen-bond acceptors (Lipinski definition) is 5. The minimum atomic E-state index is -3.56. The van der Waals surface area contributed by atoms with Crippen molar-refractivity contribution in [2.45, 2.75) is 37.0 Å². The number of furan rings is 1. The van der Waals surface area contributed by atoms with E-state index >= 15 is 0 Å². The molecule has 7 nitrogen and oxygen atoms in total. The fraction of sp³-hybridized carbons (Fsp3) is 0.400. The molecule has 0 atom stereocenters. The van der Waals surface area contributed by atoms with Crippen molar-refractivity contribution in [2.24, 2.45) is 0 Å².